The first-order valence-electron chi connectivity index (χ1n) is 18.7. The minimum absolute atomic E-state index is 0.0679. The van der Waals surface area contributed by atoms with Crippen LogP contribution in [0.3, 0.4) is 0 Å². The molecule has 0 amide bonds. The molecule has 0 aliphatic rings. The lowest BCUT2D eigenvalue weighted by molar-refractivity contribution is -0.158. The largest absolute Gasteiger partial charge is 0.462 e. The Morgan fingerprint density at radius 1 is 0.452 bits per heavy atom. The van der Waals surface area contributed by atoms with Crippen LogP contribution in [0.2, 0.25) is 0 Å². The number of hydrogen-bond acceptors (Lipinski definition) is 5. The summed E-state index contributed by atoms with van der Waals surface area (Å²) in [5.41, 5.74) is 5.75. The molecule has 0 aromatic rings. The fourth-order valence-electron chi connectivity index (χ4n) is 5.58. The highest BCUT2D eigenvalue weighted by Gasteiger charge is 2.15. The van der Waals surface area contributed by atoms with E-state index in [4.69, 9.17) is 15.2 Å². The summed E-state index contributed by atoms with van der Waals surface area (Å²) in [6.07, 6.45) is 36.5. The predicted octanol–water partition coefficient (Wildman–Crippen LogP) is 11.1. The monoisotopic (exact) mass is 596 g/mol. The van der Waals surface area contributed by atoms with E-state index in [0.717, 1.165) is 25.7 Å². The van der Waals surface area contributed by atoms with E-state index >= 15 is 0 Å². The van der Waals surface area contributed by atoms with Crippen molar-refractivity contribution in [2.45, 2.75) is 213 Å². The zero-order valence-corrected chi connectivity index (χ0v) is 28.4. The third-order valence-corrected chi connectivity index (χ3v) is 8.46. The molecule has 0 radical (unpaired) electrons. The van der Waals surface area contributed by atoms with E-state index < -0.39 is 6.10 Å². The highest BCUT2D eigenvalue weighted by molar-refractivity contribution is 5.70. The smallest absolute Gasteiger partial charge is 0.306 e. The molecule has 0 aliphatic heterocycles. The first-order chi connectivity index (χ1) is 20.6. The zero-order valence-electron chi connectivity index (χ0n) is 28.4. The first kappa shape index (κ1) is 40.9. The lowest BCUT2D eigenvalue weighted by atomic mass is 10.0. The van der Waals surface area contributed by atoms with Crippen LogP contribution in [0, 0.1) is 0 Å². The van der Waals surface area contributed by atoms with Crippen molar-refractivity contribution in [3.8, 4) is 0 Å². The fourth-order valence-corrected chi connectivity index (χ4v) is 5.58. The lowest BCUT2D eigenvalue weighted by Crippen LogP contribution is -2.32. The predicted molar refractivity (Wildman–Crippen MR) is 180 cm³/mol. The van der Waals surface area contributed by atoms with Crippen molar-refractivity contribution in [2.75, 3.05) is 13.2 Å². The van der Waals surface area contributed by atoms with Crippen LogP contribution in [-0.2, 0) is 19.1 Å². The zero-order chi connectivity index (χ0) is 30.8. The molecule has 5 nitrogen and oxygen atoms in total. The number of esters is 2. The van der Waals surface area contributed by atoms with Gasteiger partial charge in [0, 0.05) is 19.4 Å². The molecular weight excluding hydrogens is 522 g/mol. The molecular formula is C37H73NO4. The van der Waals surface area contributed by atoms with E-state index in [-0.39, 0.29) is 25.1 Å². The number of unbranched alkanes of at least 4 members (excludes halogenated alkanes) is 26. The molecule has 42 heavy (non-hydrogen) atoms. The van der Waals surface area contributed by atoms with Gasteiger partial charge >= 0.3 is 11.9 Å². The van der Waals surface area contributed by atoms with Gasteiger partial charge in [0.05, 0.1) is 0 Å². The Morgan fingerprint density at radius 3 is 1.05 bits per heavy atom. The van der Waals surface area contributed by atoms with Gasteiger partial charge in [0.1, 0.15) is 12.7 Å². The molecule has 5 heteroatoms. The van der Waals surface area contributed by atoms with Crippen LogP contribution in [0.1, 0.15) is 206 Å². The van der Waals surface area contributed by atoms with E-state index in [1.165, 1.54) is 154 Å². The Labute approximate surface area is 262 Å². The Bertz CT molecular complexity index is 568. The van der Waals surface area contributed by atoms with Gasteiger partial charge in [0.15, 0.2) is 0 Å². The Hall–Kier alpha value is -1.10. The van der Waals surface area contributed by atoms with Crippen molar-refractivity contribution in [3.05, 3.63) is 0 Å². The van der Waals surface area contributed by atoms with E-state index in [1.54, 1.807) is 0 Å². The van der Waals surface area contributed by atoms with Crippen molar-refractivity contribution >= 4 is 11.9 Å². The summed E-state index contributed by atoms with van der Waals surface area (Å²) in [6.45, 7) is 4.78. The van der Waals surface area contributed by atoms with E-state index in [9.17, 15) is 9.59 Å². The summed E-state index contributed by atoms with van der Waals surface area (Å²) >= 11 is 0. The quantitative estimate of drug-likeness (QED) is 0.0591. The van der Waals surface area contributed by atoms with Crippen LogP contribution in [0.15, 0.2) is 0 Å². The van der Waals surface area contributed by atoms with Gasteiger partial charge in [-0.2, -0.15) is 0 Å². The normalized spacial score (nSPS) is 12.0. The van der Waals surface area contributed by atoms with E-state index in [1.807, 2.05) is 0 Å². The summed E-state index contributed by atoms with van der Waals surface area (Å²) in [5, 5.41) is 0. The van der Waals surface area contributed by atoms with Gasteiger partial charge in [-0.25, -0.2) is 0 Å². The van der Waals surface area contributed by atoms with Crippen LogP contribution in [0.5, 0.6) is 0 Å². The highest BCUT2D eigenvalue weighted by atomic mass is 16.6. The number of carbonyl (C=O) groups excluding carboxylic acids is 2. The maximum absolute atomic E-state index is 12.2. The van der Waals surface area contributed by atoms with Gasteiger partial charge in [0.2, 0.25) is 0 Å². The molecule has 0 saturated carbocycles. The highest BCUT2D eigenvalue weighted by Crippen LogP contribution is 2.15. The van der Waals surface area contributed by atoms with Gasteiger partial charge in [-0.15, -0.1) is 0 Å². The third-order valence-electron chi connectivity index (χ3n) is 8.46. The molecule has 0 aromatic heterocycles. The summed E-state index contributed by atoms with van der Waals surface area (Å²) in [4.78, 5) is 24.3. The van der Waals surface area contributed by atoms with E-state index in [2.05, 4.69) is 13.8 Å². The van der Waals surface area contributed by atoms with Crippen LogP contribution in [0.4, 0.5) is 0 Å². The average molecular weight is 596 g/mol. The second-order valence-corrected chi connectivity index (χ2v) is 12.7. The summed E-state index contributed by atoms with van der Waals surface area (Å²) in [6, 6.07) is 0. The van der Waals surface area contributed by atoms with Crippen LogP contribution in [0.25, 0.3) is 0 Å². The van der Waals surface area contributed by atoms with Crippen LogP contribution < -0.4 is 5.73 Å². The van der Waals surface area contributed by atoms with Gasteiger partial charge in [-0.05, 0) is 12.8 Å². The molecule has 0 fully saturated rings. The maximum Gasteiger partial charge on any atom is 0.306 e. The summed E-state index contributed by atoms with van der Waals surface area (Å²) in [5.74, 6) is -0.442. The molecule has 0 rings (SSSR count). The summed E-state index contributed by atoms with van der Waals surface area (Å²) < 4.78 is 10.8. The molecule has 1 unspecified atom stereocenters. The molecule has 0 aliphatic carbocycles. The molecule has 0 spiro atoms. The lowest BCUT2D eigenvalue weighted by Gasteiger charge is -2.16. The van der Waals surface area contributed by atoms with Gasteiger partial charge in [-0.3, -0.25) is 9.59 Å². The first-order valence-corrected chi connectivity index (χ1v) is 18.7. The molecule has 0 bridgehead atoms. The van der Waals surface area contributed by atoms with Gasteiger partial charge in [0.25, 0.3) is 0 Å². The maximum atomic E-state index is 12.2. The second kappa shape index (κ2) is 34.4. The topological polar surface area (TPSA) is 78.6 Å². The van der Waals surface area contributed by atoms with Crippen molar-refractivity contribution in [1.29, 1.82) is 0 Å². The van der Waals surface area contributed by atoms with Gasteiger partial charge in [-0.1, -0.05) is 181 Å². The third kappa shape index (κ3) is 31.8. The number of hydrogen-bond donors (Lipinski definition) is 1. The van der Waals surface area contributed by atoms with Crippen molar-refractivity contribution in [3.63, 3.8) is 0 Å². The summed E-state index contributed by atoms with van der Waals surface area (Å²) in [7, 11) is 0. The molecule has 250 valence electrons. The van der Waals surface area contributed by atoms with Crippen molar-refractivity contribution < 1.29 is 19.1 Å². The standard InChI is InChI=1S/C37H73NO4/c1-3-5-7-9-11-13-15-17-19-21-23-25-27-29-31-36(39)41-34-35(33-38)42-37(40)32-30-28-26-24-22-20-18-16-14-12-10-8-6-4-2/h35H,3-34,38H2,1-2H3. The average Bonchev–Trinajstić information content (AvgIpc) is 2.99. The minimum Gasteiger partial charge on any atom is -0.462 e. The number of carbonyl (C=O) groups is 2. The molecule has 0 saturated heterocycles. The molecule has 0 aromatic carbocycles. The number of ether oxygens (including phenoxy) is 2. The van der Waals surface area contributed by atoms with Crippen LogP contribution >= 0.6 is 0 Å². The van der Waals surface area contributed by atoms with E-state index in [0.29, 0.717) is 12.8 Å². The van der Waals surface area contributed by atoms with Crippen molar-refractivity contribution in [2.24, 2.45) is 5.73 Å². The molecule has 1 atom stereocenters. The second-order valence-electron chi connectivity index (χ2n) is 12.7. The molecule has 0 heterocycles. The SMILES string of the molecule is CCCCCCCCCCCCCCCCC(=O)OCC(CN)OC(=O)CCCCCCCCCCCCCCCC. The molecule has 2 N–H and O–H groups in total. The fraction of sp³-hybridized carbons (Fsp3) is 0.946. The van der Waals surface area contributed by atoms with Gasteiger partial charge < -0.3 is 15.2 Å². The van der Waals surface area contributed by atoms with Crippen LogP contribution in [-0.4, -0.2) is 31.2 Å². The Kier molecular flexibility index (Phi) is 33.5. The Morgan fingerprint density at radius 2 is 0.738 bits per heavy atom. The van der Waals surface area contributed by atoms with Crippen molar-refractivity contribution in [1.82, 2.24) is 0 Å². The number of rotatable bonds is 34. The minimum atomic E-state index is -0.538. The Balaban J connectivity index is 3.51. The number of nitrogens with two attached hydrogens (primary N) is 1.